The van der Waals surface area contributed by atoms with Gasteiger partial charge in [0.15, 0.2) is 0 Å². The van der Waals surface area contributed by atoms with E-state index in [1.54, 1.807) is 0 Å². The number of rotatable bonds is 5. The fraction of sp³-hybridized carbons (Fsp3) is 0.263. The molecule has 1 aromatic heterocycles. The maximum atomic E-state index is 11.8. The molecule has 130 valence electrons. The highest BCUT2D eigenvalue weighted by molar-refractivity contribution is 6.36. The predicted octanol–water partition coefficient (Wildman–Crippen LogP) is 4.98. The van der Waals surface area contributed by atoms with Crippen molar-refractivity contribution in [1.82, 2.24) is 14.9 Å². The molecule has 0 fully saturated rings. The standard InChI is InChI=1S/C19H19Cl2N3O/c1-3-18(25)22-12(2)19-23-16-9-4-5-10-17(16)24(19)11-13-14(20)7-6-8-15(13)21/h4-10,12H,3,11H2,1-2H3,(H,22,25). The van der Waals surface area contributed by atoms with Crippen molar-refractivity contribution in [3.05, 3.63) is 63.9 Å². The SMILES string of the molecule is CCC(=O)NC(C)c1nc2ccccc2n1Cc1c(Cl)cccc1Cl. The van der Waals surface area contributed by atoms with Crippen molar-refractivity contribution in [2.75, 3.05) is 0 Å². The summed E-state index contributed by atoms with van der Waals surface area (Å²) in [4.78, 5) is 16.5. The molecule has 25 heavy (non-hydrogen) atoms. The van der Waals surface area contributed by atoms with Gasteiger partial charge in [0.2, 0.25) is 5.91 Å². The first-order valence-electron chi connectivity index (χ1n) is 8.18. The lowest BCUT2D eigenvalue weighted by Gasteiger charge is -2.17. The molecule has 1 heterocycles. The van der Waals surface area contributed by atoms with Gasteiger partial charge in [0, 0.05) is 22.0 Å². The molecule has 2 aromatic carbocycles. The first-order chi connectivity index (χ1) is 12.0. The van der Waals surface area contributed by atoms with Crippen molar-refractivity contribution in [3.63, 3.8) is 0 Å². The van der Waals surface area contributed by atoms with E-state index in [-0.39, 0.29) is 11.9 Å². The van der Waals surface area contributed by atoms with Crippen LogP contribution in [0.3, 0.4) is 0 Å². The summed E-state index contributed by atoms with van der Waals surface area (Å²) in [7, 11) is 0. The van der Waals surface area contributed by atoms with Gasteiger partial charge < -0.3 is 9.88 Å². The Bertz CT molecular complexity index is 900. The quantitative estimate of drug-likeness (QED) is 0.683. The molecule has 6 heteroatoms. The zero-order valence-corrected chi connectivity index (χ0v) is 15.6. The summed E-state index contributed by atoms with van der Waals surface area (Å²) in [6.45, 7) is 4.24. The molecule has 4 nitrogen and oxygen atoms in total. The molecular formula is C19H19Cl2N3O. The van der Waals surface area contributed by atoms with Crippen LogP contribution in [0.4, 0.5) is 0 Å². The molecule has 0 bridgehead atoms. The van der Waals surface area contributed by atoms with Crippen molar-refractivity contribution in [3.8, 4) is 0 Å². The largest absolute Gasteiger partial charge is 0.346 e. The molecule has 0 saturated heterocycles. The number of carbonyl (C=O) groups is 1. The summed E-state index contributed by atoms with van der Waals surface area (Å²) < 4.78 is 2.06. The molecular weight excluding hydrogens is 357 g/mol. The van der Waals surface area contributed by atoms with E-state index in [4.69, 9.17) is 28.2 Å². The number of hydrogen-bond acceptors (Lipinski definition) is 2. The second-order valence-electron chi connectivity index (χ2n) is 5.89. The number of hydrogen-bond donors (Lipinski definition) is 1. The molecule has 0 aliphatic heterocycles. The van der Waals surface area contributed by atoms with Crippen LogP contribution in [0, 0.1) is 0 Å². The number of carbonyl (C=O) groups excluding carboxylic acids is 1. The van der Waals surface area contributed by atoms with Crippen LogP contribution in [-0.2, 0) is 11.3 Å². The molecule has 3 rings (SSSR count). The number of aromatic nitrogens is 2. The summed E-state index contributed by atoms with van der Waals surface area (Å²) >= 11 is 12.7. The third-order valence-electron chi connectivity index (χ3n) is 4.15. The van der Waals surface area contributed by atoms with Gasteiger partial charge in [-0.2, -0.15) is 0 Å². The lowest BCUT2D eigenvalue weighted by Crippen LogP contribution is -2.28. The molecule has 1 atom stereocenters. The van der Waals surface area contributed by atoms with E-state index in [2.05, 4.69) is 9.88 Å². The number of nitrogens with one attached hydrogen (secondary N) is 1. The molecule has 1 N–H and O–H groups in total. The molecule has 1 amide bonds. The molecule has 0 saturated carbocycles. The Labute approximate surface area is 156 Å². The number of amides is 1. The molecule has 0 spiro atoms. The average molecular weight is 376 g/mol. The van der Waals surface area contributed by atoms with Crippen LogP contribution < -0.4 is 5.32 Å². The Morgan fingerprint density at radius 2 is 1.84 bits per heavy atom. The maximum Gasteiger partial charge on any atom is 0.220 e. The number of imidazole rings is 1. The second kappa shape index (κ2) is 7.46. The van der Waals surface area contributed by atoms with Crippen LogP contribution in [0.15, 0.2) is 42.5 Å². The Morgan fingerprint density at radius 3 is 2.52 bits per heavy atom. The maximum absolute atomic E-state index is 11.8. The smallest absolute Gasteiger partial charge is 0.220 e. The van der Waals surface area contributed by atoms with E-state index in [0.29, 0.717) is 23.0 Å². The summed E-state index contributed by atoms with van der Waals surface area (Å²) in [5, 5.41) is 4.20. The Balaban J connectivity index is 2.09. The van der Waals surface area contributed by atoms with Crippen LogP contribution in [0.2, 0.25) is 10.0 Å². The van der Waals surface area contributed by atoms with Gasteiger partial charge in [-0.15, -0.1) is 0 Å². The van der Waals surface area contributed by atoms with E-state index >= 15 is 0 Å². The van der Waals surface area contributed by atoms with Crippen LogP contribution in [0.25, 0.3) is 11.0 Å². The van der Waals surface area contributed by atoms with E-state index in [1.165, 1.54) is 0 Å². The van der Waals surface area contributed by atoms with E-state index in [1.807, 2.05) is 56.3 Å². The Hall–Kier alpha value is -2.04. The summed E-state index contributed by atoms with van der Waals surface area (Å²) in [5.74, 6) is 0.765. The molecule has 0 aliphatic rings. The second-order valence-corrected chi connectivity index (χ2v) is 6.70. The molecule has 1 unspecified atom stereocenters. The van der Waals surface area contributed by atoms with Crippen LogP contribution in [0.5, 0.6) is 0 Å². The summed E-state index contributed by atoms with van der Waals surface area (Å²) in [6, 6.07) is 13.1. The van der Waals surface area contributed by atoms with Gasteiger partial charge >= 0.3 is 0 Å². The van der Waals surface area contributed by atoms with Gasteiger partial charge in [0.05, 0.1) is 23.6 Å². The highest BCUT2D eigenvalue weighted by Crippen LogP contribution is 2.28. The van der Waals surface area contributed by atoms with Crippen LogP contribution >= 0.6 is 23.2 Å². The Morgan fingerprint density at radius 1 is 1.16 bits per heavy atom. The lowest BCUT2D eigenvalue weighted by atomic mass is 10.2. The monoisotopic (exact) mass is 375 g/mol. The number of fused-ring (bicyclic) bond motifs is 1. The Kier molecular flexibility index (Phi) is 5.30. The first-order valence-corrected chi connectivity index (χ1v) is 8.94. The highest BCUT2D eigenvalue weighted by Gasteiger charge is 2.19. The van der Waals surface area contributed by atoms with Gasteiger partial charge in [-0.05, 0) is 31.2 Å². The lowest BCUT2D eigenvalue weighted by molar-refractivity contribution is -0.121. The fourth-order valence-corrected chi connectivity index (χ4v) is 3.36. The van der Waals surface area contributed by atoms with Gasteiger partial charge in [-0.3, -0.25) is 4.79 Å². The molecule has 3 aromatic rings. The topological polar surface area (TPSA) is 46.9 Å². The van der Waals surface area contributed by atoms with Crippen molar-refractivity contribution in [2.45, 2.75) is 32.9 Å². The molecule has 0 radical (unpaired) electrons. The van der Waals surface area contributed by atoms with Crippen molar-refractivity contribution in [2.24, 2.45) is 0 Å². The van der Waals surface area contributed by atoms with Crippen molar-refractivity contribution >= 4 is 40.1 Å². The van der Waals surface area contributed by atoms with Gasteiger partial charge in [-0.25, -0.2) is 4.98 Å². The molecule has 0 aliphatic carbocycles. The number of nitrogens with zero attached hydrogens (tertiary/aromatic N) is 2. The fourth-order valence-electron chi connectivity index (χ4n) is 2.84. The van der Waals surface area contributed by atoms with E-state index < -0.39 is 0 Å². The zero-order chi connectivity index (χ0) is 18.0. The predicted molar refractivity (Wildman–Crippen MR) is 102 cm³/mol. The van der Waals surface area contributed by atoms with Gasteiger partial charge in [0.25, 0.3) is 0 Å². The van der Waals surface area contributed by atoms with Crippen LogP contribution in [-0.4, -0.2) is 15.5 Å². The third-order valence-corrected chi connectivity index (χ3v) is 4.86. The number of para-hydroxylation sites is 2. The first kappa shape index (κ1) is 17.8. The number of benzene rings is 2. The average Bonchev–Trinajstić information content (AvgIpc) is 2.97. The summed E-state index contributed by atoms with van der Waals surface area (Å²) in [5.41, 5.74) is 2.69. The normalized spacial score (nSPS) is 12.3. The highest BCUT2D eigenvalue weighted by atomic mass is 35.5. The van der Waals surface area contributed by atoms with Crippen molar-refractivity contribution < 1.29 is 4.79 Å². The van der Waals surface area contributed by atoms with Gasteiger partial charge in [0.1, 0.15) is 5.82 Å². The van der Waals surface area contributed by atoms with Crippen LogP contribution in [0.1, 0.15) is 37.7 Å². The summed E-state index contributed by atoms with van der Waals surface area (Å²) in [6.07, 6.45) is 0.431. The minimum absolute atomic E-state index is 0.0121. The van der Waals surface area contributed by atoms with Gasteiger partial charge in [-0.1, -0.05) is 48.3 Å². The van der Waals surface area contributed by atoms with E-state index in [0.717, 1.165) is 22.4 Å². The van der Waals surface area contributed by atoms with Crippen molar-refractivity contribution in [1.29, 1.82) is 0 Å². The zero-order valence-electron chi connectivity index (χ0n) is 14.1. The third kappa shape index (κ3) is 3.65. The minimum atomic E-state index is -0.221. The van der Waals surface area contributed by atoms with E-state index in [9.17, 15) is 4.79 Å². The number of halogens is 2. The minimum Gasteiger partial charge on any atom is -0.346 e.